The molecule has 0 unspecified atom stereocenters. The number of rotatable bonds is 3. The van der Waals surface area contributed by atoms with Gasteiger partial charge in [0.2, 0.25) is 5.88 Å². The molecule has 0 aliphatic heterocycles. The first-order valence-corrected chi connectivity index (χ1v) is 6.04. The Labute approximate surface area is 111 Å². The fourth-order valence-electron chi connectivity index (χ4n) is 1.71. The van der Waals surface area contributed by atoms with Gasteiger partial charge in [0.25, 0.3) is 0 Å². The lowest BCUT2D eigenvalue weighted by Gasteiger charge is -2.11. The highest BCUT2D eigenvalue weighted by atomic mass is 16.5. The summed E-state index contributed by atoms with van der Waals surface area (Å²) in [6.07, 6.45) is 0.0415. The molecular weight excluding hydrogens is 244 g/mol. The minimum atomic E-state index is -0.385. The van der Waals surface area contributed by atoms with Crippen molar-refractivity contribution in [3.63, 3.8) is 0 Å². The number of nitrogens with zero attached hydrogens (tertiary/aromatic N) is 2. The lowest BCUT2D eigenvalue weighted by Crippen LogP contribution is -2.09. The molecule has 1 heterocycles. The summed E-state index contributed by atoms with van der Waals surface area (Å²) in [5.74, 6) is 0.136. The highest BCUT2D eigenvalue weighted by Gasteiger charge is 2.11. The number of esters is 1. The number of ether oxygens (including phenoxy) is 2. The van der Waals surface area contributed by atoms with Gasteiger partial charge >= 0.3 is 5.97 Å². The highest BCUT2D eigenvalue weighted by molar-refractivity contribution is 5.93. The molecule has 0 saturated heterocycles. The monoisotopic (exact) mass is 260 g/mol. The number of hydrogen-bond acceptors (Lipinski definition) is 5. The van der Waals surface area contributed by atoms with Crippen LogP contribution < -0.4 is 4.74 Å². The number of hydrogen-bond donors (Lipinski definition) is 0. The maximum absolute atomic E-state index is 11.5. The van der Waals surface area contributed by atoms with E-state index in [2.05, 4.69) is 14.7 Å². The number of carbonyl (C=O) groups is 1. The molecule has 2 rings (SSSR count). The first kappa shape index (κ1) is 13.3. The molecule has 0 aliphatic rings. The van der Waals surface area contributed by atoms with Gasteiger partial charge in [0.15, 0.2) is 0 Å². The Morgan fingerprint density at radius 1 is 1.21 bits per heavy atom. The van der Waals surface area contributed by atoms with Crippen molar-refractivity contribution < 1.29 is 14.3 Å². The van der Waals surface area contributed by atoms with Gasteiger partial charge in [-0.05, 0) is 39.0 Å². The first-order chi connectivity index (χ1) is 9.01. The van der Waals surface area contributed by atoms with Crippen molar-refractivity contribution in [2.75, 3.05) is 7.11 Å². The molecule has 0 saturated carbocycles. The highest BCUT2D eigenvalue weighted by Crippen LogP contribution is 2.20. The SMILES string of the molecule is COC(=O)c1ccc2nc(OC(C)C)c(C)nc2c1. The third-order valence-electron chi connectivity index (χ3n) is 2.56. The predicted octanol–water partition coefficient (Wildman–Crippen LogP) is 2.51. The minimum absolute atomic E-state index is 0.0415. The van der Waals surface area contributed by atoms with E-state index >= 15 is 0 Å². The Morgan fingerprint density at radius 3 is 2.58 bits per heavy atom. The lowest BCUT2D eigenvalue weighted by atomic mass is 10.2. The van der Waals surface area contributed by atoms with Crippen LogP contribution in [0.4, 0.5) is 0 Å². The van der Waals surface area contributed by atoms with Crippen LogP contribution in [0.1, 0.15) is 29.9 Å². The molecule has 100 valence electrons. The zero-order valence-electron chi connectivity index (χ0n) is 11.4. The number of benzene rings is 1. The second kappa shape index (κ2) is 5.22. The summed E-state index contributed by atoms with van der Waals surface area (Å²) in [5.41, 5.74) is 2.50. The summed E-state index contributed by atoms with van der Waals surface area (Å²) in [5, 5.41) is 0. The zero-order chi connectivity index (χ0) is 14.0. The van der Waals surface area contributed by atoms with Crippen LogP contribution in [0.25, 0.3) is 11.0 Å². The van der Waals surface area contributed by atoms with Crippen LogP contribution in [0, 0.1) is 6.92 Å². The summed E-state index contributed by atoms with van der Waals surface area (Å²) in [6.45, 7) is 5.70. The summed E-state index contributed by atoms with van der Waals surface area (Å²) in [4.78, 5) is 20.3. The molecule has 2 aromatic rings. The van der Waals surface area contributed by atoms with Crippen molar-refractivity contribution >= 4 is 17.0 Å². The number of fused-ring (bicyclic) bond motifs is 1. The number of methoxy groups -OCH3 is 1. The van der Waals surface area contributed by atoms with Gasteiger partial charge < -0.3 is 9.47 Å². The largest absolute Gasteiger partial charge is 0.474 e. The fraction of sp³-hybridized carbons (Fsp3) is 0.357. The van der Waals surface area contributed by atoms with Gasteiger partial charge in [0, 0.05) is 0 Å². The molecule has 0 fully saturated rings. The van der Waals surface area contributed by atoms with Crippen LogP contribution in [0.2, 0.25) is 0 Å². The Kier molecular flexibility index (Phi) is 3.64. The Morgan fingerprint density at radius 2 is 1.95 bits per heavy atom. The van der Waals surface area contributed by atoms with Gasteiger partial charge in [-0.3, -0.25) is 0 Å². The smallest absolute Gasteiger partial charge is 0.337 e. The third-order valence-corrected chi connectivity index (χ3v) is 2.56. The van der Waals surface area contributed by atoms with E-state index in [1.54, 1.807) is 18.2 Å². The lowest BCUT2D eigenvalue weighted by molar-refractivity contribution is 0.0601. The van der Waals surface area contributed by atoms with Gasteiger partial charge in [-0.15, -0.1) is 0 Å². The molecule has 0 N–H and O–H groups in total. The Balaban J connectivity index is 2.49. The van der Waals surface area contributed by atoms with E-state index in [4.69, 9.17) is 4.74 Å². The molecule has 0 amide bonds. The average molecular weight is 260 g/mol. The van der Waals surface area contributed by atoms with Crippen LogP contribution in [-0.2, 0) is 4.74 Å². The van der Waals surface area contributed by atoms with Crippen LogP contribution in [0.3, 0.4) is 0 Å². The summed E-state index contributed by atoms with van der Waals surface area (Å²) >= 11 is 0. The van der Waals surface area contributed by atoms with Crippen molar-refractivity contribution in [1.82, 2.24) is 9.97 Å². The molecule has 0 aliphatic carbocycles. The Hall–Kier alpha value is -2.17. The van der Waals surface area contributed by atoms with Gasteiger partial charge in [-0.25, -0.2) is 14.8 Å². The molecule has 5 nitrogen and oxygen atoms in total. The van der Waals surface area contributed by atoms with Crippen LogP contribution in [0.15, 0.2) is 18.2 Å². The topological polar surface area (TPSA) is 61.3 Å². The number of carbonyl (C=O) groups excluding carboxylic acids is 1. The quantitative estimate of drug-likeness (QED) is 0.793. The van der Waals surface area contributed by atoms with Crippen molar-refractivity contribution in [1.29, 1.82) is 0 Å². The first-order valence-electron chi connectivity index (χ1n) is 6.04. The molecule has 1 aromatic carbocycles. The number of aromatic nitrogens is 2. The van der Waals surface area contributed by atoms with Gasteiger partial charge in [-0.2, -0.15) is 0 Å². The van der Waals surface area contributed by atoms with E-state index < -0.39 is 0 Å². The molecule has 0 radical (unpaired) electrons. The summed E-state index contributed by atoms with van der Waals surface area (Å²) in [7, 11) is 1.35. The molecule has 0 atom stereocenters. The van der Waals surface area contributed by atoms with E-state index in [0.29, 0.717) is 28.2 Å². The van der Waals surface area contributed by atoms with E-state index in [0.717, 1.165) is 0 Å². The molecule has 1 aromatic heterocycles. The minimum Gasteiger partial charge on any atom is -0.474 e. The summed E-state index contributed by atoms with van der Waals surface area (Å²) < 4.78 is 10.3. The predicted molar refractivity (Wildman–Crippen MR) is 71.4 cm³/mol. The zero-order valence-corrected chi connectivity index (χ0v) is 11.4. The van der Waals surface area contributed by atoms with Crippen molar-refractivity contribution in [2.45, 2.75) is 26.9 Å². The van der Waals surface area contributed by atoms with E-state index in [1.165, 1.54) is 7.11 Å². The average Bonchev–Trinajstić information content (AvgIpc) is 2.37. The van der Waals surface area contributed by atoms with E-state index in [-0.39, 0.29) is 12.1 Å². The molecule has 5 heteroatoms. The van der Waals surface area contributed by atoms with Crippen LogP contribution >= 0.6 is 0 Å². The number of aryl methyl sites for hydroxylation is 1. The van der Waals surface area contributed by atoms with Gasteiger partial charge in [0.1, 0.15) is 5.69 Å². The van der Waals surface area contributed by atoms with Crippen molar-refractivity contribution in [3.8, 4) is 5.88 Å². The molecular formula is C14H16N2O3. The maximum atomic E-state index is 11.5. The van der Waals surface area contributed by atoms with Gasteiger partial charge in [-0.1, -0.05) is 0 Å². The van der Waals surface area contributed by atoms with Crippen LogP contribution in [0.5, 0.6) is 5.88 Å². The van der Waals surface area contributed by atoms with Gasteiger partial charge in [0.05, 0.1) is 29.8 Å². The van der Waals surface area contributed by atoms with E-state index in [1.807, 2.05) is 20.8 Å². The fourth-order valence-corrected chi connectivity index (χ4v) is 1.71. The molecule has 19 heavy (non-hydrogen) atoms. The van der Waals surface area contributed by atoms with Crippen molar-refractivity contribution in [2.24, 2.45) is 0 Å². The molecule has 0 spiro atoms. The van der Waals surface area contributed by atoms with Crippen molar-refractivity contribution in [3.05, 3.63) is 29.5 Å². The molecule has 0 bridgehead atoms. The van der Waals surface area contributed by atoms with E-state index in [9.17, 15) is 4.79 Å². The normalized spacial score (nSPS) is 10.8. The maximum Gasteiger partial charge on any atom is 0.337 e. The second-order valence-corrected chi connectivity index (χ2v) is 4.48. The second-order valence-electron chi connectivity index (χ2n) is 4.48. The Bertz CT molecular complexity index is 623. The standard InChI is InChI=1S/C14H16N2O3/c1-8(2)19-13-9(3)15-12-7-10(14(17)18-4)5-6-11(12)16-13/h5-8H,1-4H3. The van der Waals surface area contributed by atoms with Crippen LogP contribution in [-0.4, -0.2) is 29.2 Å². The third kappa shape index (κ3) is 2.81. The summed E-state index contributed by atoms with van der Waals surface area (Å²) in [6, 6.07) is 5.07.